The molecule has 22 heavy (non-hydrogen) atoms. The van der Waals surface area contributed by atoms with Crippen LogP contribution in [-0.2, 0) is 9.53 Å². The van der Waals surface area contributed by atoms with Gasteiger partial charge in [0.15, 0.2) is 0 Å². The van der Waals surface area contributed by atoms with Gasteiger partial charge in [-0.3, -0.25) is 14.7 Å². The van der Waals surface area contributed by atoms with Crippen LogP contribution in [0.4, 0.5) is 0 Å². The number of amidine groups is 1. The first-order chi connectivity index (χ1) is 10.7. The van der Waals surface area contributed by atoms with Gasteiger partial charge in [-0.05, 0) is 37.8 Å². The maximum atomic E-state index is 11.1. The van der Waals surface area contributed by atoms with Gasteiger partial charge in [0.05, 0.1) is 13.3 Å². The fraction of sp³-hybridized carbons (Fsp3) is 0.688. The lowest BCUT2D eigenvalue weighted by Gasteiger charge is -2.24. The molecular weight excluding hydrogens is 280 g/mol. The number of esters is 1. The van der Waals surface area contributed by atoms with E-state index in [1.807, 2.05) is 0 Å². The Bertz CT molecular complexity index is 484. The minimum absolute atomic E-state index is 0.0315. The van der Waals surface area contributed by atoms with Crippen molar-refractivity contribution < 1.29 is 9.53 Å². The van der Waals surface area contributed by atoms with Crippen molar-refractivity contribution in [2.45, 2.75) is 18.9 Å². The number of hydrogen-bond acceptors (Lipinski definition) is 5. The summed E-state index contributed by atoms with van der Waals surface area (Å²) in [5.41, 5.74) is 0. The van der Waals surface area contributed by atoms with Crippen LogP contribution >= 0.6 is 0 Å². The van der Waals surface area contributed by atoms with Crippen LogP contribution in [-0.4, -0.2) is 73.7 Å². The summed E-state index contributed by atoms with van der Waals surface area (Å²) >= 11 is 0. The summed E-state index contributed by atoms with van der Waals surface area (Å²) in [6.07, 6.45) is 5.89. The van der Waals surface area contributed by atoms with Crippen LogP contribution < -0.4 is 0 Å². The zero-order chi connectivity index (χ0) is 15.5. The maximum absolute atomic E-state index is 11.1. The van der Waals surface area contributed by atoms with Crippen molar-refractivity contribution in [1.82, 2.24) is 9.80 Å². The lowest BCUT2D eigenvalue weighted by Crippen LogP contribution is -2.37. The second kappa shape index (κ2) is 6.60. The molecule has 3 rings (SSSR count). The molecule has 0 aromatic heterocycles. The van der Waals surface area contributed by atoms with Gasteiger partial charge in [0.2, 0.25) is 0 Å². The highest BCUT2D eigenvalue weighted by Gasteiger charge is 2.58. The number of methoxy groups -OCH3 is 1. The Labute approximate surface area is 131 Å². The number of nitrogens with zero attached hydrogens (tertiary/aromatic N) is 4. The lowest BCUT2D eigenvalue weighted by molar-refractivity contribution is -0.138. The molecule has 2 saturated heterocycles. The van der Waals surface area contributed by atoms with Crippen molar-refractivity contribution in [3.05, 3.63) is 12.8 Å². The van der Waals surface area contributed by atoms with E-state index in [9.17, 15) is 4.79 Å². The van der Waals surface area contributed by atoms with E-state index in [2.05, 4.69) is 31.1 Å². The fourth-order valence-corrected chi connectivity index (χ4v) is 3.82. The number of aliphatic imine (C=N–C) groups is 2. The third-order valence-electron chi connectivity index (χ3n) is 4.91. The lowest BCUT2D eigenvalue weighted by atomic mass is 10.3. The molecule has 6 heteroatoms. The molecule has 2 aliphatic heterocycles. The zero-order valence-electron chi connectivity index (χ0n) is 13.1. The average Bonchev–Trinajstić information content (AvgIpc) is 2.95. The van der Waals surface area contributed by atoms with E-state index in [1.54, 1.807) is 6.21 Å². The largest absolute Gasteiger partial charge is 0.468 e. The van der Waals surface area contributed by atoms with E-state index < -0.39 is 0 Å². The van der Waals surface area contributed by atoms with Crippen LogP contribution in [0.15, 0.2) is 22.8 Å². The Morgan fingerprint density at radius 3 is 2.59 bits per heavy atom. The van der Waals surface area contributed by atoms with E-state index in [0.29, 0.717) is 0 Å². The molecule has 0 spiro atoms. The molecule has 1 saturated carbocycles. The number of carbonyl (C=O) groups excluding carboxylic acids is 1. The van der Waals surface area contributed by atoms with Crippen LogP contribution in [0.1, 0.15) is 12.8 Å². The molecule has 2 heterocycles. The van der Waals surface area contributed by atoms with Gasteiger partial charge in [0.1, 0.15) is 12.4 Å². The van der Waals surface area contributed by atoms with E-state index in [-0.39, 0.29) is 12.5 Å². The van der Waals surface area contributed by atoms with Gasteiger partial charge in [-0.2, -0.15) is 0 Å². The van der Waals surface area contributed by atoms with Crippen LogP contribution in [0, 0.1) is 11.8 Å². The van der Waals surface area contributed by atoms with Gasteiger partial charge in [0, 0.05) is 25.3 Å². The summed E-state index contributed by atoms with van der Waals surface area (Å²) in [6, 6.07) is 0.788. The van der Waals surface area contributed by atoms with Crippen LogP contribution in [0.5, 0.6) is 0 Å². The second-order valence-electron chi connectivity index (χ2n) is 6.18. The number of fused-ring (bicyclic) bond motifs is 1. The zero-order valence-corrected chi connectivity index (χ0v) is 13.1. The van der Waals surface area contributed by atoms with Crippen LogP contribution in [0.3, 0.4) is 0 Å². The summed E-state index contributed by atoms with van der Waals surface area (Å²) in [7, 11) is 1.36. The highest BCUT2D eigenvalue weighted by atomic mass is 16.5. The minimum Gasteiger partial charge on any atom is -0.468 e. The van der Waals surface area contributed by atoms with Crippen molar-refractivity contribution in [2.24, 2.45) is 21.8 Å². The summed E-state index contributed by atoms with van der Waals surface area (Å²) in [4.78, 5) is 24.4. The molecule has 0 radical (unpaired) electrons. The van der Waals surface area contributed by atoms with Gasteiger partial charge in [-0.15, -0.1) is 0 Å². The highest BCUT2D eigenvalue weighted by Crippen LogP contribution is 2.49. The predicted octanol–water partition coefficient (Wildman–Crippen LogP) is 0.798. The molecule has 2 unspecified atom stereocenters. The molecule has 0 aromatic carbocycles. The summed E-state index contributed by atoms with van der Waals surface area (Å²) in [5, 5.41) is 0. The van der Waals surface area contributed by atoms with Gasteiger partial charge < -0.3 is 9.64 Å². The number of piperidine rings is 1. The topological polar surface area (TPSA) is 57.5 Å². The molecular formula is C16H24N4O2. The Balaban J connectivity index is 1.54. The fourth-order valence-electron chi connectivity index (χ4n) is 3.82. The van der Waals surface area contributed by atoms with Crippen LogP contribution in [0.25, 0.3) is 0 Å². The molecule has 3 fully saturated rings. The highest BCUT2D eigenvalue weighted by molar-refractivity contribution is 6.29. The van der Waals surface area contributed by atoms with E-state index in [4.69, 9.17) is 0 Å². The van der Waals surface area contributed by atoms with Gasteiger partial charge in [-0.1, -0.05) is 6.58 Å². The van der Waals surface area contributed by atoms with Crippen molar-refractivity contribution >= 4 is 18.0 Å². The number of likely N-dealkylation sites (tertiary alicyclic amines) is 2. The first-order valence-electron chi connectivity index (χ1n) is 7.99. The molecule has 3 aliphatic rings. The summed E-state index contributed by atoms with van der Waals surface area (Å²) in [6.45, 7) is 8.30. The summed E-state index contributed by atoms with van der Waals surface area (Å²) in [5.74, 6) is 1.99. The molecule has 120 valence electrons. The quantitative estimate of drug-likeness (QED) is 0.428. The first kappa shape index (κ1) is 15.2. The molecule has 0 bridgehead atoms. The Hall–Kier alpha value is -1.69. The second-order valence-corrected chi connectivity index (χ2v) is 6.18. The molecule has 0 N–H and O–H groups in total. The maximum Gasteiger partial charge on any atom is 0.327 e. The van der Waals surface area contributed by atoms with E-state index >= 15 is 0 Å². The van der Waals surface area contributed by atoms with Gasteiger partial charge >= 0.3 is 5.97 Å². The monoisotopic (exact) mass is 304 g/mol. The van der Waals surface area contributed by atoms with Crippen molar-refractivity contribution in [3.63, 3.8) is 0 Å². The minimum atomic E-state index is -0.340. The summed E-state index contributed by atoms with van der Waals surface area (Å²) < 4.78 is 4.58. The predicted molar refractivity (Wildman–Crippen MR) is 86.2 cm³/mol. The first-order valence-corrected chi connectivity index (χ1v) is 7.99. The number of rotatable bonds is 5. The number of ether oxygens (including phenoxy) is 1. The SMILES string of the molecule is C=CN=C(C=NCC(=O)OC)N1CC2C(C1)C2N1CCCC1. The third kappa shape index (κ3) is 3.06. The van der Waals surface area contributed by atoms with Crippen molar-refractivity contribution in [1.29, 1.82) is 0 Å². The van der Waals surface area contributed by atoms with Crippen molar-refractivity contribution in [3.8, 4) is 0 Å². The molecule has 0 aromatic rings. The Kier molecular flexibility index (Phi) is 4.57. The van der Waals surface area contributed by atoms with Gasteiger partial charge in [-0.25, -0.2) is 4.99 Å². The molecule has 6 nitrogen and oxygen atoms in total. The smallest absolute Gasteiger partial charge is 0.327 e. The average molecular weight is 304 g/mol. The molecule has 0 amide bonds. The van der Waals surface area contributed by atoms with E-state index in [0.717, 1.165) is 36.8 Å². The Morgan fingerprint density at radius 1 is 1.32 bits per heavy atom. The number of carbonyl (C=O) groups is 1. The van der Waals surface area contributed by atoms with Crippen molar-refractivity contribution in [2.75, 3.05) is 39.8 Å². The Morgan fingerprint density at radius 2 is 2.00 bits per heavy atom. The normalized spacial score (nSPS) is 31.6. The van der Waals surface area contributed by atoms with E-state index in [1.165, 1.54) is 39.2 Å². The molecule has 1 aliphatic carbocycles. The van der Waals surface area contributed by atoms with Gasteiger partial charge in [0.25, 0.3) is 0 Å². The number of hydrogen-bond donors (Lipinski definition) is 0. The standard InChI is InChI=1S/C16H24N4O2/c1-3-18-14(8-17-9-15(21)22-2)20-10-12-13(11-20)16(12)19-6-4-5-7-19/h3,8,12-13,16H,1,4-7,9-11H2,2H3. The van der Waals surface area contributed by atoms with Crippen LogP contribution in [0.2, 0.25) is 0 Å². The molecule has 2 atom stereocenters. The third-order valence-corrected chi connectivity index (χ3v) is 4.91.